The van der Waals surface area contributed by atoms with Crippen LogP contribution in [0.3, 0.4) is 0 Å². The molecule has 0 atom stereocenters. The molecular formula is C18H26N4O. The Kier molecular flexibility index (Phi) is 3.71. The van der Waals surface area contributed by atoms with Gasteiger partial charge < -0.3 is 10.2 Å². The zero-order valence-corrected chi connectivity index (χ0v) is 14.7. The molecule has 1 aromatic carbocycles. The smallest absolute Gasteiger partial charge is 0.232 e. The molecule has 0 aliphatic heterocycles. The number of para-hydroxylation sites is 1. The van der Waals surface area contributed by atoms with Gasteiger partial charge in [0.05, 0.1) is 22.2 Å². The highest BCUT2D eigenvalue weighted by molar-refractivity contribution is 5.94. The zero-order chi connectivity index (χ0) is 16.8. The molecule has 5 heteroatoms. The number of likely N-dealkylation sites (N-methyl/N-ethyl adjacent to an activating group) is 1. The lowest BCUT2D eigenvalue weighted by molar-refractivity contribution is -0.126. The molecule has 2 aromatic rings. The van der Waals surface area contributed by atoms with Gasteiger partial charge in [0.25, 0.3) is 0 Å². The monoisotopic (exact) mass is 314 g/mol. The number of nitrogens with one attached hydrogen (secondary N) is 1. The second-order valence-electron chi connectivity index (χ2n) is 7.59. The predicted octanol–water partition coefficient (Wildman–Crippen LogP) is 2.06. The minimum Gasteiger partial charge on any atom is -0.349 e. The molecule has 1 aliphatic rings. The molecule has 1 N–H and O–H groups in total. The van der Waals surface area contributed by atoms with Crippen molar-refractivity contribution in [1.29, 1.82) is 0 Å². The van der Waals surface area contributed by atoms with Crippen molar-refractivity contribution >= 4 is 16.8 Å². The molecule has 1 fully saturated rings. The molecule has 1 heterocycles. The van der Waals surface area contributed by atoms with Crippen molar-refractivity contribution in [2.75, 3.05) is 20.6 Å². The van der Waals surface area contributed by atoms with Gasteiger partial charge in [-0.2, -0.15) is 5.10 Å². The summed E-state index contributed by atoms with van der Waals surface area (Å²) >= 11 is 0. The van der Waals surface area contributed by atoms with Crippen LogP contribution in [0.5, 0.6) is 0 Å². The first-order valence-electron chi connectivity index (χ1n) is 8.15. The summed E-state index contributed by atoms with van der Waals surface area (Å²) in [5.74, 6) is 0.0562. The molecule has 0 spiro atoms. The van der Waals surface area contributed by atoms with Gasteiger partial charge in [-0.05, 0) is 46.9 Å². The van der Waals surface area contributed by atoms with Crippen LogP contribution in [0.15, 0.2) is 24.3 Å². The summed E-state index contributed by atoms with van der Waals surface area (Å²) in [6.07, 6.45) is 2.10. The number of carbonyl (C=O) groups is 1. The van der Waals surface area contributed by atoms with E-state index >= 15 is 0 Å². The van der Waals surface area contributed by atoms with Crippen molar-refractivity contribution in [3.05, 3.63) is 30.0 Å². The molecule has 0 saturated heterocycles. The van der Waals surface area contributed by atoms with Crippen LogP contribution < -0.4 is 5.32 Å². The van der Waals surface area contributed by atoms with E-state index in [1.807, 2.05) is 63.9 Å². The van der Waals surface area contributed by atoms with Gasteiger partial charge in [0.1, 0.15) is 0 Å². The molecule has 3 rings (SSSR count). The van der Waals surface area contributed by atoms with Crippen molar-refractivity contribution in [2.45, 2.75) is 37.6 Å². The van der Waals surface area contributed by atoms with Gasteiger partial charge in [-0.25, -0.2) is 0 Å². The summed E-state index contributed by atoms with van der Waals surface area (Å²) in [5.41, 5.74) is 1.18. The number of amides is 1. The number of aromatic nitrogens is 2. The Labute approximate surface area is 137 Å². The van der Waals surface area contributed by atoms with Gasteiger partial charge in [-0.15, -0.1) is 0 Å². The van der Waals surface area contributed by atoms with Crippen LogP contribution in [0.2, 0.25) is 0 Å². The normalized spacial score (nSPS) is 16.8. The molecule has 0 radical (unpaired) electrons. The number of fused-ring (bicyclic) bond motifs is 1. The van der Waals surface area contributed by atoms with Crippen molar-refractivity contribution in [1.82, 2.24) is 20.0 Å². The van der Waals surface area contributed by atoms with Gasteiger partial charge in [-0.3, -0.25) is 9.48 Å². The number of aryl methyl sites for hydroxylation is 1. The van der Waals surface area contributed by atoms with Crippen LogP contribution in [0.1, 0.15) is 32.4 Å². The minimum atomic E-state index is -0.664. The van der Waals surface area contributed by atoms with E-state index in [0.29, 0.717) is 0 Å². The Morgan fingerprint density at radius 1 is 1.35 bits per heavy atom. The number of hydrogen-bond donors (Lipinski definition) is 1. The van der Waals surface area contributed by atoms with E-state index in [4.69, 9.17) is 0 Å². The average Bonchev–Trinajstić information content (AvgIpc) is 3.12. The summed E-state index contributed by atoms with van der Waals surface area (Å²) < 4.78 is 1.85. The van der Waals surface area contributed by atoms with E-state index < -0.39 is 5.41 Å². The Morgan fingerprint density at radius 2 is 2.00 bits per heavy atom. The van der Waals surface area contributed by atoms with Crippen molar-refractivity contribution in [3.63, 3.8) is 0 Å². The first-order valence-corrected chi connectivity index (χ1v) is 8.15. The van der Waals surface area contributed by atoms with Gasteiger partial charge in [0, 0.05) is 19.0 Å². The largest absolute Gasteiger partial charge is 0.349 e. The van der Waals surface area contributed by atoms with E-state index in [-0.39, 0.29) is 11.4 Å². The second kappa shape index (κ2) is 5.34. The number of hydrogen-bond acceptors (Lipinski definition) is 3. The maximum absolute atomic E-state index is 13.0. The fraction of sp³-hybridized carbons (Fsp3) is 0.556. The Hall–Kier alpha value is -1.88. The molecule has 23 heavy (non-hydrogen) atoms. The van der Waals surface area contributed by atoms with Gasteiger partial charge in [-0.1, -0.05) is 18.2 Å². The third kappa shape index (κ3) is 2.85. The number of benzene rings is 1. The quantitative estimate of drug-likeness (QED) is 0.919. The zero-order valence-electron chi connectivity index (χ0n) is 14.7. The Balaban J connectivity index is 1.90. The van der Waals surface area contributed by atoms with Crippen LogP contribution in [-0.4, -0.2) is 46.8 Å². The summed E-state index contributed by atoms with van der Waals surface area (Å²) in [7, 11) is 6.02. The second-order valence-corrected chi connectivity index (χ2v) is 7.59. The third-order valence-corrected chi connectivity index (χ3v) is 4.77. The van der Waals surface area contributed by atoms with Gasteiger partial charge in [0.2, 0.25) is 5.91 Å². The lowest BCUT2D eigenvalue weighted by Crippen LogP contribution is -2.50. The highest BCUT2D eigenvalue weighted by atomic mass is 16.2. The molecular weight excluding hydrogens is 288 g/mol. The van der Waals surface area contributed by atoms with Crippen molar-refractivity contribution in [2.24, 2.45) is 7.05 Å². The summed E-state index contributed by atoms with van der Waals surface area (Å²) in [5, 5.41) is 8.97. The predicted molar refractivity (Wildman–Crippen MR) is 92.4 cm³/mol. The van der Waals surface area contributed by atoms with Crippen LogP contribution >= 0.6 is 0 Å². The molecule has 1 aliphatic carbocycles. The van der Waals surface area contributed by atoms with E-state index in [9.17, 15) is 4.79 Å². The number of nitrogens with zero attached hydrogens (tertiary/aromatic N) is 3. The Morgan fingerprint density at radius 3 is 2.61 bits per heavy atom. The van der Waals surface area contributed by atoms with Crippen LogP contribution in [0, 0.1) is 0 Å². The fourth-order valence-electron chi connectivity index (χ4n) is 3.26. The topological polar surface area (TPSA) is 50.2 Å². The number of rotatable bonds is 5. The highest BCUT2D eigenvalue weighted by Gasteiger charge is 2.47. The third-order valence-electron chi connectivity index (χ3n) is 4.77. The van der Waals surface area contributed by atoms with Gasteiger partial charge >= 0.3 is 0 Å². The fourth-order valence-corrected chi connectivity index (χ4v) is 3.26. The maximum Gasteiger partial charge on any atom is 0.232 e. The SMILES string of the molecule is CN(C)CC1(NC(=O)C(C)(C)c2nn(C)c3ccccc23)CC1. The van der Waals surface area contributed by atoms with Crippen molar-refractivity contribution < 1.29 is 4.79 Å². The van der Waals surface area contributed by atoms with Crippen LogP contribution in [0.4, 0.5) is 0 Å². The summed E-state index contributed by atoms with van der Waals surface area (Å²) in [6.45, 7) is 4.81. The van der Waals surface area contributed by atoms with E-state index in [1.54, 1.807) is 0 Å². The number of carbonyl (C=O) groups excluding carboxylic acids is 1. The summed E-state index contributed by atoms with van der Waals surface area (Å²) in [4.78, 5) is 15.1. The molecule has 5 nitrogen and oxygen atoms in total. The molecule has 0 unspecified atom stereocenters. The standard InChI is InChI=1S/C18H26N4O/c1-17(2,16(23)19-18(10-11-18)12-21(3)4)15-13-8-6-7-9-14(13)22(5)20-15/h6-9H,10-12H2,1-5H3,(H,19,23). The lowest BCUT2D eigenvalue weighted by Gasteiger charge is -2.28. The van der Waals surface area contributed by atoms with Crippen LogP contribution in [-0.2, 0) is 17.3 Å². The first kappa shape index (κ1) is 16.0. The van der Waals surface area contributed by atoms with Crippen molar-refractivity contribution in [3.8, 4) is 0 Å². The summed E-state index contributed by atoms with van der Waals surface area (Å²) in [6, 6.07) is 8.07. The Bertz CT molecular complexity index is 741. The molecule has 1 saturated carbocycles. The molecule has 0 bridgehead atoms. The molecule has 124 valence electrons. The lowest BCUT2D eigenvalue weighted by atomic mass is 9.86. The molecule has 1 amide bonds. The van der Waals surface area contributed by atoms with E-state index in [1.165, 1.54) is 0 Å². The highest BCUT2D eigenvalue weighted by Crippen LogP contribution is 2.38. The minimum absolute atomic E-state index is 0.0531. The van der Waals surface area contributed by atoms with Crippen LogP contribution in [0.25, 0.3) is 10.9 Å². The first-order chi connectivity index (χ1) is 10.8. The maximum atomic E-state index is 13.0. The van der Waals surface area contributed by atoms with E-state index in [2.05, 4.69) is 15.3 Å². The van der Waals surface area contributed by atoms with Gasteiger partial charge in [0.15, 0.2) is 0 Å². The van der Waals surface area contributed by atoms with E-state index in [0.717, 1.165) is 36.0 Å². The average molecular weight is 314 g/mol. The molecule has 1 aromatic heterocycles.